The van der Waals surface area contributed by atoms with Crippen LogP contribution in [0.2, 0.25) is 0 Å². The van der Waals surface area contributed by atoms with Crippen LogP contribution in [-0.2, 0) is 0 Å². The Morgan fingerprint density at radius 2 is 2.12 bits per heavy atom. The second-order valence-corrected chi connectivity index (χ2v) is 4.77. The van der Waals surface area contributed by atoms with Crippen LogP contribution < -0.4 is 5.32 Å². The Balaban J connectivity index is 2.49. The first-order valence-electron chi connectivity index (χ1n) is 5.83. The van der Waals surface area contributed by atoms with Crippen molar-refractivity contribution in [1.29, 1.82) is 0 Å². The molecule has 0 spiro atoms. The van der Waals surface area contributed by atoms with Crippen LogP contribution in [0.15, 0.2) is 22.7 Å². The van der Waals surface area contributed by atoms with Gasteiger partial charge in [-0.3, -0.25) is 10.1 Å². The molecular formula is C12H17BrN2O2. The molecule has 0 amide bonds. The van der Waals surface area contributed by atoms with Gasteiger partial charge in [0.1, 0.15) is 0 Å². The van der Waals surface area contributed by atoms with E-state index < -0.39 is 0 Å². The van der Waals surface area contributed by atoms with Gasteiger partial charge in [0.15, 0.2) is 0 Å². The minimum Gasteiger partial charge on any atom is -0.385 e. The zero-order chi connectivity index (χ0) is 12.7. The third-order valence-corrected chi connectivity index (χ3v) is 3.17. The maximum absolute atomic E-state index is 10.7. The lowest BCUT2D eigenvalue weighted by Crippen LogP contribution is -2.02. The van der Waals surface area contributed by atoms with Gasteiger partial charge in [0, 0.05) is 18.3 Å². The molecule has 1 N–H and O–H groups in total. The van der Waals surface area contributed by atoms with Gasteiger partial charge in [-0.25, -0.2) is 0 Å². The summed E-state index contributed by atoms with van der Waals surface area (Å²) in [6.45, 7) is 3.03. The van der Waals surface area contributed by atoms with Crippen molar-refractivity contribution in [2.24, 2.45) is 0 Å². The largest absolute Gasteiger partial charge is 0.385 e. The molecule has 1 aromatic rings. The second kappa shape index (κ2) is 7.27. The molecule has 0 heterocycles. The summed E-state index contributed by atoms with van der Waals surface area (Å²) >= 11 is 3.16. The van der Waals surface area contributed by atoms with Crippen molar-refractivity contribution in [3.63, 3.8) is 0 Å². The number of rotatable bonds is 7. The average Bonchev–Trinajstić information content (AvgIpc) is 2.30. The molecule has 1 aromatic carbocycles. The highest BCUT2D eigenvalue weighted by atomic mass is 79.9. The van der Waals surface area contributed by atoms with Crippen LogP contribution in [-0.4, -0.2) is 11.5 Å². The van der Waals surface area contributed by atoms with Crippen molar-refractivity contribution in [2.75, 3.05) is 11.9 Å². The topological polar surface area (TPSA) is 55.2 Å². The molecule has 0 fully saturated rings. The highest BCUT2D eigenvalue weighted by Crippen LogP contribution is 2.27. The summed E-state index contributed by atoms with van der Waals surface area (Å²) in [4.78, 5) is 10.4. The van der Waals surface area contributed by atoms with Crippen LogP contribution >= 0.6 is 15.9 Å². The Kier molecular flexibility index (Phi) is 5.97. The van der Waals surface area contributed by atoms with Gasteiger partial charge in [0.25, 0.3) is 5.69 Å². The van der Waals surface area contributed by atoms with E-state index in [9.17, 15) is 10.1 Å². The van der Waals surface area contributed by atoms with Crippen molar-refractivity contribution in [3.8, 4) is 0 Å². The molecular weight excluding hydrogens is 284 g/mol. The van der Waals surface area contributed by atoms with Gasteiger partial charge < -0.3 is 5.32 Å². The Hall–Kier alpha value is -1.10. The van der Waals surface area contributed by atoms with E-state index in [1.54, 1.807) is 12.1 Å². The van der Waals surface area contributed by atoms with Gasteiger partial charge in [0.2, 0.25) is 0 Å². The Bertz CT molecular complexity index is 383. The molecule has 0 bridgehead atoms. The molecule has 4 nitrogen and oxygen atoms in total. The lowest BCUT2D eigenvalue weighted by atomic mass is 10.2. The third-order valence-electron chi connectivity index (χ3n) is 2.50. The molecule has 0 aromatic heterocycles. The van der Waals surface area contributed by atoms with Crippen molar-refractivity contribution >= 4 is 27.3 Å². The first-order valence-corrected chi connectivity index (χ1v) is 6.62. The fraction of sp³-hybridized carbons (Fsp3) is 0.500. The first kappa shape index (κ1) is 14.0. The molecule has 0 aliphatic rings. The zero-order valence-electron chi connectivity index (χ0n) is 9.91. The normalized spacial score (nSPS) is 10.2. The molecule has 5 heteroatoms. The smallest absolute Gasteiger partial charge is 0.285 e. The molecule has 1 rings (SSSR count). The van der Waals surface area contributed by atoms with Crippen molar-refractivity contribution < 1.29 is 4.92 Å². The fourth-order valence-electron chi connectivity index (χ4n) is 1.55. The van der Waals surface area contributed by atoms with E-state index in [4.69, 9.17) is 0 Å². The van der Waals surface area contributed by atoms with Gasteiger partial charge >= 0.3 is 0 Å². The number of benzene rings is 1. The highest BCUT2D eigenvalue weighted by Gasteiger charge is 2.11. The lowest BCUT2D eigenvalue weighted by Gasteiger charge is -2.06. The predicted molar refractivity (Wildman–Crippen MR) is 73.4 cm³/mol. The maximum Gasteiger partial charge on any atom is 0.285 e. The number of nitro benzene ring substituents is 1. The summed E-state index contributed by atoms with van der Waals surface area (Å²) in [6.07, 6.45) is 4.74. The fourth-order valence-corrected chi connectivity index (χ4v) is 1.94. The molecule has 17 heavy (non-hydrogen) atoms. The van der Waals surface area contributed by atoms with Crippen LogP contribution in [0.25, 0.3) is 0 Å². The van der Waals surface area contributed by atoms with Crippen LogP contribution in [0.1, 0.15) is 32.6 Å². The standard InChI is InChI=1S/C12H17BrN2O2/c1-2-3-4-5-8-14-10-6-7-11(13)12(9-10)15(16)17/h6-7,9,14H,2-5,8H2,1H3. The lowest BCUT2D eigenvalue weighted by molar-refractivity contribution is -0.385. The average molecular weight is 301 g/mol. The zero-order valence-corrected chi connectivity index (χ0v) is 11.5. The molecule has 0 aliphatic carbocycles. The molecule has 0 atom stereocenters. The number of nitro groups is 1. The molecule has 0 aliphatic heterocycles. The van der Waals surface area contributed by atoms with E-state index >= 15 is 0 Å². The summed E-state index contributed by atoms with van der Waals surface area (Å²) in [5.74, 6) is 0. The van der Waals surface area contributed by atoms with Gasteiger partial charge in [-0.15, -0.1) is 0 Å². The summed E-state index contributed by atoms with van der Waals surface area (Å²) in [7, 11) is 0. The van der Waals surface area contributed by atoms with E-state index in [0.717, 1.165) is 18.7 Å². The predicted octanol–water partition coefficient (Wildman–Crippen LogP) is 4.35. The van der Waals surface area contributed by atoms with Gasteiger partial charge in [-0.05, 0) is 34.5 Å². The molecule has 0 unspecified atom stereocenters. The van der Waals surface area contributed by atoms with E-state index in [0.29, 0.717) is 4.47 Å². The number of anilines is 1. The van der Waals surface area contributed by atoms with E-state index in [-0.39, 0.29) is 10.6 Å². The second-order valence-electron chi connectivity index (χ2n) is 3.91. The number of hydrogen-bond donors (Lipinski definition) is 1. The SMILES string of the molecule is CCCCCCNc1ccc(Br)c([N+](=O)[O-])c1. The van der Waals surface area contributed by atoms with Gasteiger partial charge in [0.05, 0.1) is 9.40 Å². The van der Waals surface area contributed by atoms with Crippen molar-refractivity contribution in [1.82, 2.24) is 0 Å². The number of nitrogens with one attached hydrogen (secondary N) is 1. The number of unbranched alkanes of at least 4 members (excludes halogenated alkanes) is 3. The monoisotopic (exact) mass is 300 g/mol. The minimum absolute atomic E-state index is 0.101. The summed E-state index contributed by atoms with van der Waals surface area (Å²) in [6, 6.07) is 5.10. The van der Waals surface area contributed by atoms with Crippen molar-refractivity contribution in [2.45, 2.75) is 32.6 Å². The Morgan fingerprint density at radius 1 is 1.35 bits per heavy atom. The van der Waals surface area contributed by atoms with Crippen LogP contribution in [0.3, 0.4) is 0 Å². The van der Waals surface area contributed by atoms with E-state index in [2.05, 4.69) is 28.2 Å². The van der Waals surface area contributed by atoms with Gasteiger partial charge in [-0.1, -0.05) is 26.2 Å². The number of halogens is 1. The summed E-state index contributed by atoms with van der Waals surface area (Å²) in [5, 5.41) is 13.9. The summed E-state index contributed by atoms with van der Waals surface area (Å²) < 4.78 is 0.513. The maximum atomic E-state index is 10.7. The quantitative estimate of drug-likeness (QED) is 0.463. The van der Waals surface area contributed by atoms with Crippen LogP contribution in [0, 0.1) is 10.1 Å². The van der Waals surface area contributed by atoms with Crippen LogP contribution in [0.5, 0.6) is 0 Å². The van der Waals surface area contributed by atoms with Gasteiger partial charge in [-0.2, -0.15) is 0 Å². The van der Waals surface area contributed by atoms with Crippen LogP contribution in [0.4, 0.5) is 11.4 Å². The minimum atomic E-state index is -0.383. The number of hydrogen-bond acceptors (Lipinski definition) is 3. The Labute approximate surface area is 110 Å². The molecule has 0 saturated carbocycles. The van der Waals surface area contributed by atoms with E-state index in [1.165, 1.54) is 19.3 Å². The molecule has 0 radical (unpaired) electrons. The highest BCUT2D eigenvalue weighted by molar-refractivity contribution is 9.10. The van der Waals surface area contributed by atoms with Crippen molar-refractivity contribution in [3.05, 3.63) is 32.8 Å². The first-order chi connectivity index (χ1) is 8.15. The molecule has 94 valence electrons. The third kappa shape index (κ3) is 4.73. The number of nitrogens with zero attached hydrogens (tertiary/aromatic N) is 1. The Morgan fingerprint density at radius 3 is 2.76 bits per heavy atom. The van der Waals surface area contributed by atoms with E-state index in [1.807, 2.05) is 6.07 Å². The summed E-state index contributed by atoms with van der Waals surface area (Å²) in [5.41, 5.74) is 0.903. The molecule has 0 saturated heterocycles.